The van der Waals surface area contributed by atoms with Crippen LogP contribution in [0.1, 0.15) is 40.5 Å². The van der Waals surface area contributed by atoms with Gasteiger partial charge in [0.05, 0.1) is 5.75 Å². The predicted octanol–water partition coefficient (Wildman–Crippen LogP) is 1.52. The molecule has 2 aliphatic rings. The Morgan fingerprint density at radius 1 is 1.25 bits per heavy atom. The second-order valence-electron chi connectivity index (χ2n) is 7.47. The number of piperazine rings is 1. The average Bonchev–Trinajstić information content (AvgIpc) is 3.19. The minimum atomic E-state index is -2.87. The van der Waals surface area contributed by atoms with Gasteiger partial charge in [-0.2, -0.15) is 0 Å². The van der Waals surface area contributed by atoms with Gasteiger partial charge in [0.2, 0.25) is 0 Å². The monoisotopic (exact) mass is 302 g/mol. The highest BCUT2D eigenvalue weighted by Gasteiger charge is 2.40. The van der Waals surface area contributed by atoms with Crippen LogP contribution in [-0.4, -0.2) is 56.5 Å². The maximum Gasteiger partial charge on any atom is 0.151 e. The van der Waals surface area contributed by atoms with Crippen molar-refractivity contribution >= 4 is 9.84 Å². The van der Waals surface area contributed by atoms with Crippen molar-refractivity contribution in [3.63, 3.8) is 0 Å². The normalized spacial score (nSPS) is 29.6. The third kappa shape index (κ3) is 4.18. The molecule has 2 fully saturated rings. The van der Waals surface area contributed by atoms with Crippen LogP contribution in [-0.2, 0) is 9.84 Å². The van der Waals surface area contributed by atoms with Gasteiger partial charge in [-0.1, -0.05) is 27.7 Å². The molecule has 0 amide bonds. The maximum absolute atomic E-state index is 11.8. The van der Waals surface area contributed by atoms with Crippen LogP contribution in [0.25, 0.3) is 0 Å². The van der Waals surface area contributed by atoms with Crippen molar-refractivity contribution in [2.24, 2.45) is 11.3 Å². The Kier molecular flexibility index (Phi) is 4.82. The first-order valence-electron chi connectivity index (χ1n) is 7.91. The van der Waals surface area contributed by atoms with E-state index in [-0.39, 0.29) is 11.2 Å². The second-order valence-corrected chi connectivity index (χ2v) is 9.94. The summed E-state index contributed by atoms with van der Waals surface area (Å²) < 4.78 is 23.6. The molecule has 1 saturated carbocycles. The van der Waals surface area contributed by atoms with Crippen LogP contribution < -0.4 is 5.32 Å². The largest absolute Gasteiger partial charge is 0.311 e. The lowest BCUT2D eigenvalue weighted by Crippen LogP contribution is -2.61. The number of nitrogens with one attached hydrogen (secondary N) is 1. The Morgan fingerprint density at radius 2 is 1.90 bits per heavy atom. The number of hydrogen-bond donors (Lipinski definition) is 1. The maximum atomic E-state index is 11.8. The summed E-state index contributed by atoms with van der Waals surface area (Å²) in [5, 5.41) is 3.69. The highest BCUT2D eigenvalue weighted by molar-refractivity contribution is 7.91. The minimum absolute atomic E-state index is 0.178. The first-order valence-corrected chi connectivity index (χ1v) is 9.73. The molecule has 2 unspecified atom stereocenters. The Balaban J connectivity index is 2.01. The van der Waals surface area contributed by atoms with Crippen LogP contribution in [0, 0.1) is 11.3 Å². The lowest BCUT2D eigenvalue weighted by Gasteiger charge is -2.46. The summed E-state index contributed by atoms with van der Waals surface area (Å²) in [6.45, 7) is 11.2. The quantitative estimate of drug-likeness (QED) is 0.836. The first-order chi connectivity index (χ1) is 9.23. The van der Waals surface area contributed by atoms with E-state index in [1.807, 2.05) is 0 Å². The van der Waals surface area contributed by atoms with Gasteiger partial charge in [-0.05, 0) is 24.2 Å². The lowest BCUT2D eigenvalue weighted by molar-refractivity contribution is 0.0565. The summed E-state index contributed by atoms with van der Waals surface area (Å²) >= 11 is 0. The molecule has 1 aliphatic heterocycles. The number of hydrogen-bond acceptors (Lipinski definition) is 4. The van der Waals surface area contributed by atoms with Gasteiger partial charge in [-0.25, -0.2) is 8.42 Å². The SMILES string of the molecule is CCS(=O)(=O)CCN1CC(C2CC2)NCC1C(C)(C)C. The Bertz CT molecular complexity index is 424. The van der Waals surface area contributed by atoms with Gasteiger partial charge < -0.3 is 5.32 Å². The molecule has 4 nitrogen and oxygen atoms in total. The number of rotatable bonds is 5. The number of nitrogens with zero attached hydrogens (tertiary/aromatic N) is 1. The molecule has 1 aliphatic carbocycles. The third-order valence-corrected chi connectivity index (χ3v) is 6.45. The van der Waals surface area contributed by atoms with Crippen molar-refractivity contribution in [2.75, 3.05) is 31.1 Å². The highest BCUT2D eigenvalue weighted by Crippen LogP contribution is 2.36. The third-order valence-electron chi connectivity index (χ3n) is 4.77. The van der Waals surface area contributed by atoms with E-state index < -0.39 is 9.84 Å². The average molecular weight is 302 g/mol. The van der Waals surface area contributed by atoms with E-state index in [1.165, 1.54) is 12.8 Å². The van der Waals surface area contributed by atoms with Gasteiger partial charge in [0.1, 0.15) is 0 Å². The fraction of sp³-hybridized carbons (Fsp3) is 1.00. The predicted molar refractivity (Wildman–Crippen MR) is 83.7 cm³/mol. The molecule has 0 radical (unpaired) electrons. The Hall–Kier alpha value is -0.130. The van der Waals surface area contributed by atoms with E-state index >= 15 is 0 Å². The van der Waals surface area contributed by atoms with Gasteiger partial charge in [0.15, 0.2) is 9.84 Å². The van der Waals surface area contributed by atoms with Gasteiger partial charge >= 0.3 is 0 Å². The summed E-state index contributed by atoms with van der Waals surface area (Å²) in [6.07, 6.45) is 2.66. The molecule has 5 heteroatoms. The van der Waals surface area contributed by atoms with Gasteiger partial charge in [0.25, 0.3) is 0 Å². The van der Waals surface area contributed by atoms with Crippen molar-refractivity contribution in [1.29, 1.82) is 0 Å². The molecule has 0 aromatic rings. The molecular weight excluding hydrogens is 272 g/mol. The van der Waals surface area contributed by atoms with Crippen LogP contribution in [0.2, 0.25) is 0 Å². The van der Waals surface area contributed by atoms with Crippen LogP contribution in [0.4, 0.5) is 0 Å². The molecule has 20 heavy (non-hydrogen) atoms. The lowest BCUT2D eigenvalue weighted by atomic mass is 9.83. The van der Waals surface area contributed by atoms with Crippen LogP contribution in [0.5, 0.6) is 0 Å². The summed E-state index contributed by atoms with van der Waals surface area (Å²) in [4.78, 5) is 2.42. The van der Waals surface area contributed by atoms with Crippen molar-refractivity contribution in [2.45, 2.75) is 52.6 Å². The molecule has 0 spiro atoms. The van der Waals surface area contributed by atoms with Gasteiger partial charge in [-0.15, -0.1) is 0 Å². The van der Waals surface area contributed by atoms with E-state index in [2.05, 4.69) is 31.0 Å². The standard InChI is InChI=1S/C15H30N2O2S/c1-5-20(18,19)9-8-17-11-13(12-6-7-12)16-10-14(17)15(2,3)4/h12-14,16H,5-11H2,1-4H3. The molecule has 0 aromatic carbocycles. The number of sulfone groups is 1. The zero-order valence-corrected chi connectivity index (χ0v) is 14.2. The van der Waals surface area contributed by atoms with Gasteiger partial charge in [-0.3, -0.25) is 4.90 Å². The smallest absolute Gasteiger partial charge is 0.151 e. The Morgan fingerprint density at radius 3 is 2.40 bits per heavy atom. The van der Waals surface area contributed by atoms with Crippen LogP contribution in [0.3, 0.4) is 0 Å². The van der Waals surface area contributed by atoms with E-state index in [9.17, 15) is 8.42 Å². The molecule has 118 valence electrons. The Labute approximate surface area is 124 Å². The van der Waals surface area contributed by atoms with Crippen molar-refractivity contribution in [3.05, 3.63) is 0 Å². The molecule has 2 rings (SSSR count). The summed E-state index contributed by atoms with van der Waals surface area (Å²) in [7, 11) is -2.87. The molecule has 0 bridgehead atoms. The molecule has 1 saturated heterocycles. The van der Waals surface area contributed by atoms with E-state index in [4.69, 9.17) is 0 Å². The van der Waals surface area contributed by atoms with Crippen molar-refractivity contribution < 1.29 is 8.42 Å². The van der Waals surface area contributed by atoms with Crippen LogP contribution in [0.15, 0.2) is 0 Å². The van der Waals surface area contributed by atoms with E-state index in [0.717, 1.165) is 19.0 Å². The zero-order chi connectivity index (χ0) is 15.0. The minimum Gasteiger partial charge on any atom is -0.311 e. The highest BCUT2D eigenvalue weighted by atomic mass is 32.2. The summed E-state index contributed by atoms with van der Waals surface area (Å²) in [5.74, 6) is 1.37. The molecule has 1 N–H and O–H groups in total. The fourth-order valence-electron chi connectivity index (χ4n) is 3.15. The topological polar surface area (TPSA) is 49.4 Å². The fourth-order valence-corrected chi connectivity index (χ4v) is 3.95. The van der Waals surface area contributed by atoms with E-state index in [1.54, 1.807) is 6.92 Å². The molecular formula is C15H30N2O2S. The molecule has 0 aromatic heterocycles. The van der Waals surface area contributed by atoms with Crippen LogP contribution >= 0.6 is 0 Å². The zero-order valence-electron chi connectivity index (χ0n) is 13.4. The molecule has 2 atom stereocenters. The first kappa shape index (κ1) is 16.2. The van der Waals surface area contributed by atoms with Crippen molar-refractivity contribution in [1.82, 2.24) is 10.2 Å². The summed E-state index contributed by atoms with van der Waals surface area (Å²) in [6, 6.07) is 0.988. The van der Waals surface area contributed by atoms with E-state index in [0.29, 0.717) is 24.4 Å². The molecule has 1 heterocycles. The van der Waals surface area contributed by atoms with Gasteiger partial charge in [0, 0.05) is 37.5 Å². The summed E-state index contributed by atoms with van der Waals surface area (Å²) in [5.41, 5.74) is 0.178. The second kappa shape index (κ2) is 5.93. The van der Waals surface area contributed by atoms with Crippen molar-refractivity contribution in [3.8, 4) is 0 Å².